The number of hydrogen-bond donors (Lipinski definition) is 1. The van der Waals surface area contributed by atoms with Crippen LogP contribution >= 0.6 is 0 Å². The highest BCUT2D eigenvalue weighted by Crippen LogP contribution is 2.16. The standard InChI is InChI=1S/C9H15N3O/c1-7-5-12(6-8(2)13-7)9-3-4-10-11-9/h3-4,7-8H,5-6H2,1-2H3,(H,10,11)/t7-,8+. The van der Waals surface area contributed by atoms with Gasteiger partial charge in [-0.2, -0.15) is 5.10 Å². The van der Waals surface area contributed by atoms with Crippen LogP contribution in [0.2, 0.25) is 0 Å². The van der Waals surface area contributed by atoms with E-state index in [0.717, 1.165) is 18.9 Å². The summed E-state index contributed by atoms with van der Waals surface area (Å²) < 4.78 is 5.64. The van der Waals surface area contributed by atoms with E-state index in [1.165, 1.54) is 0 Å². The van der Waals surface area contributed by atoms with Crippen molar-refractivity contribution in [1.82, 2.24) is 10.2 Å². The van der Waals surface area contributed by atoms with Crippen LogP contribution in [-0.2, 0) is 4.74 Å². The highest BCUT2D eigenvalue weighted by molar-refractivity contribution is 5.37. The van der Waals surface area contributed by atoms with Crippen molar-refractivity contribution in [2.75, 3.05) is 18.0 Å². The molecule has 4 heteroatoms. The van der Waals surface area contributed by atoms with Crippen molar-refractivity contribution in [2.45, 2.75) is 26.1 Å². The first-order chi connectivity index (χ1) is 6.25. The van der Waals surface area contributed by atoms with Crippen molar-refractivity contribution in [3.05, 3.63) is 12.3 Å². The van der Waals surface area contributed by atoms with Gasteiger partial charge in [0.1, 0.15) is 5.82 Å². The van der Waals surface area contributed by atoms with Crippen LogP contribution < -0.4 is 4.90 Å². The number of ether oxygens (including phenoxy) is 1. The molecule has 72 valence electrons. The minimum absolute atomic E-state index is 0.298. The van der Waals surface area contributed by atoms with Gasteiger partial charge in [-0.1, -0.05) is 0 Å². The molecule has 1 aromatic rings. The van der Waals surface area contributed by atoms with E-state index in [-0.39, 0.29) is 0 Å². The molecule has 1 N–H and O–H groups in total. The summed E-state index contributed by atoms with van der Waals surface area (Å²) in [5.74, 6) is 1.09. The van der Waals surface area contributed by atoms with E-state index in [2.05, 4.69) is 28.9 Å². The fraction of sp³-hybridized carbons (Fsp3) is 0.667. The van der Waals surface area contributed by atoms with Crippen LogP contribution in [0.1, 0.15) is 13.8 Å². The normalized spacial score (nSPS) is 29.2. The second kappa shape index (κ2) is 3.38. The van der Waals surface area contributed by atoms with E-state index in [0.29, 0.717) is 12.2 Å². The van der Waals surface area contributed by atoms with Crippen LogP contribution in [0.3, 0.4) is 0 Å². The molecule has 0 amide bonds. The summed E-state index contributed by atoms with van der Waals surface area (Å²) in [7, 11) is 0. The molecule has 13 heavy (non-hydrogen) atoms. The molecule has 2 rings (SSSR count). The quantitative estimate of drug-likeness (QED) is 0.703. The third-order valence-electron chi connectivity index (χ3n) is 2.25. The van der Waals surface area contributed by atoms with Gasteiger partial charge in [0, 0.05) is 19.2 Å². The van der Waals surface area contributed by atoms with Crippen molar-refractivity contribution >= 4 is 5.82 Å². The molecule has 0 spiro atoms. The Morgan fingerprint density at radius 3 is 2.69 bits per heavy atom. The number of anilines is 1. The average Bonchev–Trinajstić information content (AvgIpc) is 2.53. The Hall–Kier alpha value is -1.03. The molecule has 0 radical (unpaired) electrons. The SMILES string of the molecule is C[C@@H]1CN(c2ccn[nH]2)C[C@H](C)O1. The fourth-order valence-electron chi connectivity index (χ4n) is 1.80. The molecule has 2 heterocycles. The Balaban J connectivity index is 2.07. The van der Waals surface area contributed by atoms with Crippen LogP contribution in [0, 0.1) is 0 Å². The first kappa shape index (κ1) is 8.56. The number of nitrogens with one attached hydrogen (secondary N) is 1. The summed E-state index contributed by atoms with van der Waals surface area (Å²) in [5.41, 5.74) is 0. The zero-order chi connectivity index (χ0) is 9.26. The molecular formula is C9H15N3O. The second-order valence-corrected chi connectivity index (χ2v) is 3.60. The first-order valence-electron chi connectivity index (χ1n) is 4.65. The lowest BCUT2D eigenvalue weighted by Crippen LogP contribution is -2.45. The third-order valence-corrected chi connectivity index (χ3v) is 2.25. The fourth-order valence-corrected chi connectivity index (χ4v) is 1.80. The number of aromatic nitrogens is 2. The molecule has 0 bridgehead atoms. The van der Waals surface area contributed by atoms with E-state index in [1.54, 1.807) is 6.20 Å². The van der Waals surface area contributed by atoms with Crippen molar-refractivity contribution in [3.63, 3.8) is 0 Å². The minimum atomic E-state index is 0.298. The van der Waals surface area contributed by atoms with Gasteiger partial charge < -0.3 is 9.64 Å². The molecule has 1 fully saturated rings. The number of hydrogen-bond acceptors (Lipinski definition) is 3. The molecule has 1 saturated heterocycles. The second-order valence-electron chi connectivity index (χ2n) is 3.60. The smallest absolute Gasteiger partial charge is 0.124 e. The van der Waals surface area contributed by atoms with Gasteiger partial charge in [-0.05, 0) is 13.8 Å². The molecule has 0 aliphatic carbocycles. The predicted molar refractivity (Wildman–Crippen MR) is 50.8 cm³/mol. The average molecular weight is 181 g/mol. The van der Waals surface area contributed by atoms with Crippen molar-refractivity contribution < 1.29 is 4.74 Å². The maximum absolute atomic E-state index is 5.64. The number of aromatic amines is 1. The lowest BCUT2D eigenvalue weighted by molar-refractivity contribution is -0.00545. The predicted octanol–water partition coefficient (Wildman–Crippen LogP) is 1.02. The Bertz CT molecular complexity index is 250. The van der Waals surface area contributed by atoms with Crippen LogP contribution in [0.5, 0.6) is 0 Å². The topological polar surface area (TPSA) is 41.2 Å². The number of H-pyrrole nitrogens is 1. The molecular weight excluding hydrogens is 166 g/mol. The van der Waals surface area contributed by atoms with Gasteiger partial charge in [-0.25, -0.2) is 0 Å². The Morgan fingerprint density at radius 1 is 1.46 bits per heavy atom. The zero-order valence-electron chi connectivity index (χ0n) is 8.03. The number of nitrogens with zero attached hydrogens (tertiary/aromatic N) is 2. The zero-order valence-corrected chi connectivity index (χ0v) is 8.03. The number of morpholine rings is 1. The van der Waals surface area contributed by atoms with Crippen molar-refractivity contribution in [2.24, 2.45) is 0 Å². The van der Waals surface area contributed by atoms with Crippen LogP contribution in [-0.4, -0.2) is 35.5 Å². The molecule has 0 unspecified atom stereocenters. The summed E-state index contributed by atoms with van der Waals surface area (Å²) in [6.07, 6.45) is 2.37. The molecule has 2 atom stereocenters. The summed E-state index contributed by atoms with van der Waals surface area (Å²) >= 11 is 0. The first-order valence-corrected chi connectivity index (χ1v) is 4.65. The van der Waals surface area contributed by atoms with Gasteiger partial charge in [0.2, 0.25) is 0 Å². The van der Waals surface area contributed by atoms with Gasteiger partial charge in [0.25, 0.3) is 0 Å². The summed E-state index contributed by atoms with van der Waals surface area (Å²) in [5, 5.41) is 6.91. The van der Waals surface area contributed by atoms with E-state index in [4.69, 9.17) is 4.74 Å². The van der Waals surface area contributed by atoms with Gasteiger partial charge in [0.15, 0.2) is 0 Å². The van der Waals surface area contributed by atoms with Crippen molar-refractivity contribution in [1.29, 1.82) is 0 Å². The lowest BCUT2D eigenvalue weighted by atomic mass is 10.2. The summed E-state index contributed by atoms with van der Waals surface area (Å²) in [6, 6.07) is 1.99. The third kappa shape index (κ3) is 1.83. The number of rotatable bonds is 1. The van der Waals surface area contributed by atoms with E-state index in [1.807, 2.05) is 6.07 Å². The molecule has 0 aromatic carbocycles. The van der Waals surface area contributed by atoms with E-state index < -0.39 is 0 Å². The maximum Gasteiger partial charge on any atom is 0.124 e. The summed E-state index contributed by atoms with van der Waals surface area (Å²) in [6.45, 7) is 6.07. The molecule has 1 aromatic heterocycles. The Labute approximate surface area is 77.9 Å². The highest BCUT2D eigenvalue weighted by Gasteiger charge is 2.22. The van der Waals surface area contributed by atoms with Gasteiger partial charge >= 0.3 is 0 Å². The van der Waals surface area contributed by atoms with Crippen LogP contribution in [0.25, 0.3) is 0 Å². The minimum Gasteiger partial charge on any atom is -0.372 e. The Morgan fingerprint density at radius 2 is 2.15 bits per heavy atom. The van der Waals surface area contributed by atoms with Crippen molar-refractivity contribution in [3.8, 4) is 0 Å². The summed E-state index contributed by atoms with van der Waals surface area (Å²) in [4.78, 5) is 2.27. The van der Waals surface area contributed by atoms with Gasteiger partial charge in [-0.3, -0.25) is 5.10 Å². The van der Waals surface area contributed by atoms with E-state index in [9.17, 15) is 0 Å². The van der Waals surface area contributed by atoms with Crippen LogP contribution in [0.4, 0.5) is 5.82 Å². The molecule has 0 saturated carbocycles. The van der Waals surface area contributed by atoms with Gasteiger partial charge in [0.05, 0.1) is 18.4 Å². The molecule has 4 nitrogen and oxygen atoms in total. The lowest BCUT2D eigenvalue weighted by Gasteiger charge is -2.35. The highest BCUT2D eigenvalue weighted by atomic mass is 16.5. The maximum atomic E-state index is 5.64. The van der Waals surface area contributed by atoms with Gasteiger partial charge in [-0.15, -0.1) is 0 Å². The van der Waals surface area contributed by atoms with Crippen LogP contribution in [0.15, 0.2) is 12.3 Å². The molecule has 1 aliphatic heterocycles. The monoisotopic (exact) mass is 181 g/mol. The largest absolute Gasteiger partial charge is 0.372 e. The van der Waals surface area contributed by atoms with E-state index >= 15 is 0 Å². The Kier molecular flexibility index (Phi) is 2.22. The molecule has 1 aliphatic rings.